The molecule has 1 heterocycles. The van der Waals surface area contributed by atoms with Gasteiger partial charge in [-0.2, -0.15) is 0 Å². The molecule has 4 N–H and O–H groups in total. The van der Waals surface area contributed by atoms with Gasteiger partial charge in [0.1, 0.15) is 4.88 Å². The number of benzene rings is 1. The van der Waals surface area contributed by atoms with Gasteiger partial charge in [0.2, 0.25) is 0 Å². The second-order valence-corrected chi connectivity index (χ2v) is 6.55. The first-order chi connectivity index (χ1) is 9.65. The van der Waals surface area contributed by atoms with Crippen LogP contribution in [0.1, 0.15) is 28.9 Å². The van der Waals surface area contributed by atoms with E-state index in [2.05, 4.69) is 5.32 Å². The Morgan fingerprint density at radius 1 is 1.40 bits per heavy atom. The number of amides is 1. The summed E-state index contributed by atoms with van der Waals surface area (Å²) in [5, 5.41) is 12.9. The van der Waals surface area contributed by atoms with E-state index in [1.807, 2.05) is 24.3 Å². The van der Waals surface area contributed by atoms with Crippen LogP contribution in [0.5, 0.6) is 0 Å². The number of rotatable bonds is 5. The van der Waals surface area contributed by atoms with E-state index in [1.54, 1.807) is 0 Å². The summed E-state index contributed by atoms with van der Waals surface area (Å²) >= 11 is 1.43. The van der Waals surface area contributed by atoms with Crippen LogP contribution in [0.15, 0.2) is 24.3 Å². The van der Waals surface area contributed by atoms with Gasteiger partial charge in [0.15, 0.2) is 0 Å². The van der Waals surface area contributed by atoms with Gasteiger partial charge in [0, 0.05) is 23.2 Å². The van der Waals surface area contributed by atoms with Crippen molar-refractivity contribution in [3.8, 4) is 0 Å². The van der Waals surface area contributed by atoms with E-state index in [0.29, 0.717) is 17.1 Å². The van der Waals surface area contributed by atoms with E-state index in [0.717, 1.165) is 29.3 Å². The maximum Gasteiger partial charge on any atom is 0.263 e. The van der Waals surface area contributed by atoms with Crippen LogP contribution >= 0.6 is 11.3 Å². The second-order valence-electron chi connectivity index (χ2n) is 5.50. The minimum Gasteiger partial charge on any atom is -0.397 e. The summed E-state index contributed by atoms with van der Waals surface area (Å²) in [5.41, 5.74) is 6.75. The molecule has 4 nitrogen and oxygen atoms in total. The third-order valence-electron chi connectivity index (χ3n) is 4.06. The first-order valence-electron chi connectivity index (χ1n) is 6.81. The van der Waals surface area contributed by atoms with Gasteiger partial charge in [-0.25, -0.2) is 0 Å². The Balaban J connectivity index is 1.74. The van der Waals surface area contributed by atoms with Crippen LogP contribution in [-0.4, -0.2) is 24.2 Å². The fraction of sp³-hybridized carbons (Fsp3) is 0.400. The van der Waals surface area contributed by atoms with Crippen LogP contribution in [0.2, 0.25) is 0 Å². The van der Waals surface area contributed by atoms with Crippen molar-refractivity contribution < 1.29 is 9.90 Å². The van der Waals surface area contributed by atoms with Gasteiger partial charge in [-0.3, -0.25) is 4.79 Å². The van der Waals surface area contributed by atoms with Crippen LogP contribution in [-0.2, 0) is 0 Å². The van der Waals surface area contributed by atoms with E-state index in [-0.39, 0.29) is 17.9 Å². The molecule has 106 valence electrons. The van der Waals surface area contributed by atoms with Crippen molar-refractivity contribution in [2.24, 2.45) is 5.41 Å². The standard InChI is InChI=1S/C15H18N2O2S/c16-12-10-3-1-2-4-11(10)20-13(12)14(19)17-9-15(5-6-15)7-8-18/h1-4,18H,5-9,16H2,(H,17,19). The summed E-state index contributed by atoms with van der Waals surface area (Å²) < 4.78 is 1.03. The number of aliphatic hydroxyl groups is 1. The molecule has 1 amide bonds. The van der Waals surface area contributed by atoms with Crippen molar-refractivity contribution in [2.75, 3.05) is 18.9 Å². The number of nitrogens with one attached hydrogen (secondary N) is 1. The lowest BCUT2D eigenvalue weighted by Crippen LogP contribution is -2.30. The number of hydrogen-bond acceptors (Lipinski definition) is 4. The number of anilines is 1. The first kappa shape index (κ1) is 13.4. The summed E-state index contributed by atoms with van der Waals surface area (Å²) in [4.78, 5) is 12.9. The van der Waals surface area contributed by atoms with Crippen LogP contribution in [0.4, 0.5) is 5.69 Å². The van der Waals surface area contributed by atoms with Crippen molar-refractivity contribution in [3.63, 3.8) is 0 Å². The van der Waals surface area contributed by atoms with Gasteiger partial charge in [-0.05, 0) is 30.7 Å². The molecule has 1 fully saturated rings. The van der Waals surface area contributed by atoms with Gasteiger partial charge in [-0.1, -0.05) is 18.2 Å². The zero-order chi connectivity index (χ0) is 14.2. The van der Waals surface area contributed by atoms with Crippen molar-refractivity contribution >= 4 is 33.0 Å². The molecule has 1 aliphatic carbocycles. The smallest absolute Gasteiger partial charge is 0.263 e. The van der Waals surface area contributed by atoms with E-state index >= 15 is 0 Å². The molecule has 1 aliphatic rings. The summed E-state index contributed by atoms with van der Waals surface area (Å²) in [6.07, 6.45) is 2.92. The van der Waals surface area contributed by atoms with E-state index in [9.17, 15) is 4.79 Å². The van der Waals surface area contributed by atoms with Crippen LogP contribution in [0.3, 0.4) is 0 Å². The number of aliphatic hydroxyl groups excluding tert-OH is 1. The molecule has 1 aromatic heterocycles. The van der Waals surface area contributed by atoms with Crippen molar-refractivity contribution in [1.82, 2.24) is 5.32 Å². The second kappa shape index (κ2) is 5.07. The molecular weight excluding hydrogens is 272 g/mol. The molecular formula is C15H18N2O2S. The Morgan fingerprint density at radius 3 is 2.80 bits per heavy atom. The van der Waals surface area contributed by atoms with Gasteiger partial charge < -0.3 is 16.2 Å². The molecule has 0 unspecified atom stereocenters. The number of fused-ring (bicyclic) bond motifs is 1. The molecule has 1 aromatic carbocycles. The molecule has 0 saturated heterocycles. The van der Waals surface area contributed by atoms with Gasteiger partial charge in [0.05, 0.1) is 5.69 Å². The van der Waals surface area contributed by atoms with E-state index in [1.165, 1.54) is 11.3 Å². The van der Waals surface area contributed by atoms with Crippen molar-refractivity contribution in [1.29, 1.82) is 0 Å². The molecule has 0 bridgehead atoms. The third-order valence-corrected chi connectivity index (χ3v) is 5.25. The fourth-order valence-corrected chi connectivity index (χ4v) is 3.55. The van der Waals surface area contributed by atoms with Crippen molar-refractivity contribution in [3.05, 3.63) is 29.1 Å². The minimum atomic E-state index is -0.104. The van der Waals surface area contributed by atoms with Crippen LogP contribution in [0, 0.1) is 5.41 Å². The highest BCUT2D eigenvalue weighted by molar-refractivity contribution is 7.21. The molecule has 0 radical (unpaired) electrons. The van der Waals surface area contributed by atoms with E-state index < -0.39 is 0 Å². The molecule has 2 aromatic rings. The van der Waals surface area contributed by atoms with Crippen molar-refractivity contribution in [2.45, 2.75) is 19.3 Å². The number of carbonyl (C=O) groups excluding carboxylic acids is 1. The average molecular weight is 290 g/mol. The Bertz CT molecular complexity index is 646. The fourth-order valence-electron chi connectivity index (χ4n) is 2.51. The highest BCUT2D eigenvalue weighted by Gasteiger charge is 2.42. The third kappa shape index (κ3) is 2.39. The first-order valence-corrected chi connectivity index (χ1v) is 7.63. The predicted octanol–water partition coefficient (Wildman–Crippen LogP) is 2.38. The number of thiophene rings is 1. The Morgan fingerprint density at radius 2 is 2.15 bits per heavy atom. The van der Waals surface area contributed by atoms with Crippen LogP contribution in [0.25, 0.3) is 10.1 Å². The molecule has 0 spiro atoms. The maximum atomic E-state index is 12.3. The van der Waals surface area contributed by atoms with Crippen LogP contribution < -0.4 is 11.1 Å². The van der Waals surface area contributed by atoms with E-state index in [4.69, 9.17) is 10.8 Å². The maximum absolute atomic E-state index is 12.3. The normalized spacial score (nSPS) is 16.2. The van der Waals surface area contributed by atoms with Gasteiger partial charge >= 0.3 is 0 Å². The largest absolute Gasteiger partial charge is 0.397 e. The number of nitrogens with two attached hydrogens (primary N) is 1. The SMILES string of the molecule is Nc1c(C(=O)NCC2(CCO)CC2)sc2ccccc12. The molecule has 1 saturated carbocycles. The Labute approximate surface area is 121 Å². The number of hydrogen-bond donors (Lipinski definition) is 3. The lowest BCUT2D eigenvalue weighted by molar-refractivity contribution is 0.0945. The molecule has 0 aliphatic heterocycles. The Hall–Kier alpha value is -1.59. The summed E-state index contributed by atoms with van der Waals surface area (Å²) in [7, 11) is 0. The van der Waals surface area contributed by atoms with Gasteiger partial charge in [-0.15, -0.1) is 11.3 Å². The number of carbonyl (C=O) groups is 1. The molecule has 20 heavy (non-hydrogen) atoms. The van der Waals surface area contributed by atoms with Gasteiger partial charge in [0.25, 0.3) is 5.91 Å². The predicted molar refractivity (Wildman–Crippen MR) is 81.9 cm³/mol. The summed E-state index contributed by atoms with van der Waals surface area (Å²) in [6, 6.07) is 7.78. The monoisotopic (exact) mass is 290 g/mol. The molecule has 3 rings (SSSR count). The summed E-state index contributed by atoms with van der Waals surface area (Å²) in [5.74, 6) is -0.104. The Kier molecular flexibility index (Phi) is 3.40. The lowest BCUT2D eigenvalue weighted by Gasteiger charge is -2.14. The average Bonchev–Trinajstić information content (AvgIpc) is 3.14. The highest BCUT2D eigenvalue weighted by Crippen LogP contribution is 2.48. The zero-order valence-electron chi connectivity index (χ0n) is 11.2. The molecule has 5 heteroatoms. The number of nitrogen functional groups attached to an aromatic ring is 1. The highest BCUT2D eigenvalue weighted by atomic mass is 32.1. The minimum absolute atomic E-state index is 0.104. The lowest BCUT2D eigenvalue weighted by atomic mass is 10.0. The summed E-state index contributed by atoms with van der Waals surface area (Å²) in [6.45, 7) is 0.807. The quantitative estimate of drug-likeness (QED) is 0.791. The zero-order valence-corrected chi connectivity index (χ0v) is 12.0. The molecule has 0 atom stereocenters. The topological polar surface area (TPSA) is 75.4 Å².